The molecule has 0 radical (unpaired) electrons. The molecule has 0 N–H and O–H groups in total. The summed E-state index contributed by atoms with van der Waals surface area (Å²) in [7, 11) is 0. The van der Waals surface area contributed by atoms with Crippen molar-refractivity contribution < 1.29 is 0 Å². The number of benzene rings is 7. The summed E-state index contributed by atoms with van der Waals surface area (Å²) in [5.41, 5.74) is 18.3. The first-order valence-electron chi connectivity index (χ1n) is 22.4. The van der Waals surface area contributed by atoms with Gasteiger partial charge in [-0.15, -0.1) is 0 Å². The third-order valence-electron chi connectivity index (χ3n) is 14.5. The van der Waals surface area contributed by atoms with E-state index in [1.165, 1.54) is 100 Å². The summed E-state index contributed by atoms with van der Waals surface area (Å²) in [6, 6.07) is 47.1. The van der Waals surface area contributed by atoms with E-state index < -0.39 is 0 Å². The number of aryl methyl sites for hydroxylation is 4. The summed E-state index contributed by atoms with van der Waals surface area (Å²) in [4.78, 5) is 5.19. The molecular formula is C58H64N2. The van der Waals surface area contributed by atoms with Crippen molar-refractivity contribution >= 4 is 55.7 Å². The Hall–Kier alpha value is -5.34. The van der Waals surface area contributed by atoms with Crippen molar-refractivity contribution in [3.05, 3.63) is 166 Å². The molecule has 9 rings (SSSR count). The molecule has 0 heterocycles. The highest BCUT2D eigenvalue weighted by Gasteiger charge is 2.41. The molecule has 0 fully saturated rings. The predicted molar refractivity (Wildman–Crippen MR) is 260 cm³/mol. The maximum atomic E-state index is 2.64. The molecule has 0 aromatic heterocycles. The number of hydrogen-bond donors (Lipinski definition) is 0. The van der Waals surface area contributed by atoms with Crippen LogP contribution in [0.2, 0.25) is 0 Å². The molecule has 0 aliphatic heterocycles. The van der Waals surface area contributed by atoms with E-state index in [0.29, 0.717) is 0 Å². The van der Waals surface area contributed by atoms with Crippen LogP contribution >= 0.6 is 0 Å². The Kier molecular flexibility index (Phi) is 9.43. The molecule has 2 aliphatic rings. The predicted octanol–water partition coefficient (Wildman–Crippen LogP) is 16.9. The number of hydrogen-bond acceptors (Lipinski definition) is 2. The zero-order valence-electron chi connectivity index (χ0n) is 38.3. The molecule has 2 aliphatic carbocycles. The fourth-order valence-electron chi connectivity index (χ4n) is 10.7. The first-order valence-corrected chi connectivity index (χ1v) is 22.4. The van der Waals surface area contributed by atoms with E-state index in [-0.39, 0.29) is 21.7 Å². The van der Waals surface area contributed by atoms with E-state index in [2.05, 4.69) is 214 Å². The topological polar surface area (TPSA) is 6.48 Å². The third kappa shape index (κ3) is 6.72. The zero-order valence-corrected chi connectivity index (χ0v) is 38.3. The summed E-state index contributed by atoms with van der Waals surface area (Å²) >= 11 is 0. The lowest BCUT2D eigenvalue weighted by Crippen LogP contribution is -2.34. The third-order valence-corrected chi connectivity index (χ3v) is 14.5. The van der Waals surface area contributed by atoms with Crippen LogP contribution in [0, 0.1) is 27.7 Å². The average Bonchev–Trinajstić information content (AvgIpc) is 3.19. The number of fused-ring (bicyclic) bond motifs is 4. The second-order valence-corrected chi connectivity index (χ2v) is 21.1. The lowest BCUT2D eigenvalue weighted by atomic mass is 9.62. The molecular weight excluding hydrogens is 725 g/mol. The maximum absolute atomic E-state index is 2.64. The van der Waals surface area contributed by atoms with E-state index in [0.717, 1.165) is 25.7 Å². The van der Waals surface area contributed by atoms with Crippen molar-refractivity contribution in [3.63, 3.8) is 0 Å². The molecule has 60 heavy (non-hydrogen) atoms. The van der Waals surface area contributed by atoms with Crippen LogP contribution in [0.15, 0.2) is 121 Å². The highest BCUT2D eigenvalue weighted by Crippen LogP contribution is 2.57. The molecule has 306 valence electrons. The van der Waals surface area contributed by atoms with Crippen LogP contribution in [0.4, 0.5) is 34.1 Å². The van der Waals surface area contributed by atoms with Crippen molar-refractivity contribution in [1.82, 2.24) is 0 Å². The Morgan fingerprint density at radius 1 is 0.317 bits per heavy atom. The minimum absolute atomic E-state index is 0.0254. The van der Waals surface area contributed by atoms with Crippen LogP contribution in [0.5, 0.6) is 0 Å². The van der Waals surface area contributed by atoms with Crippen LogP contribution in [0.1, 0.15) is 126 Å². The van der Waals surface area contributed by atoms with Crippen LogP contribution in [0.3, 0.4) is 0 Å². The summed E-state index contributed by atoms with van der Waals surface area (Å²) in [5, 5.41) is 5.18. The first-order chi connectivity index (χ1) is 28.3. The lowest BCUT2D eigenvalue weighted by Gasteiger charge is -2.44. The average molecular weight is 789 g/mol. The Morgan fingerprint density at radius 2 is 0.533 bits per heavy atom. The van der Waals surface area contributed by atoms with Gasteiger partial charge in [-0.05, 0) is 192 Å². The van der Waals surface area contributed by atoms with Gasteiger partial charge in [0.05, 0.1) is 11.4 Å². The second kappa shape index (κ2) is 14.1. The second-order valence-electron chi connectivity index (χ2n) is 21.1. The fourth-order valence-corrected chi connectivity index (χ4v) is 10.7. The molecule has 7 aromatic carbocycles. The largest absolute Gasteiger partial charge is 0.309 e. The molecule has 0 amide bonds. The molecule has 0 saturated carbocycles. The van der Waals surface area contributed by atoms with E-state index in [1.54, 1.807) is 0 Å². The van der Waals surface area contributed by atoms with Gasteiger partial charge in [0, 0.05) is 44.3 Å². The van der Waals surface area contributed by atoms with E-state index in [9.17, 15) is 0 Å². The van der Waals surface area contributed by atoms with Gasteiger partial charge in [-0.3, -0.25) is 0 Å². The molecule has 0 spiro atoms. The quantitative estimate of drug-likeness (QED) is 0.122. The minimum atomic E-state index is 0.0254. The van der Waals surface area contributed by atoms with Crippen LogP contribution < -0.4 is 9.80 Å². The molecule has 2 heteroatoms. The van der Waals surface area contributed by atoms with E-state index in [4.69, 9.17) is 0 Å². The normalized spacial score (nSPS) is 17.3. The van der Waals surface area contributed by atoms with Crippen molar-refractivity contribution in [1.29, 1.82) is 0 Å². The van der Waals surface area contributed by atoms with Crippen molar-refractivity contribution in [2.75, 3.05) is 9.80 Å². The van der Waals surface area contributed by atoms with Gasteiger partial charge in [-0.1, -0.05) is 104 Å². The highest BCUT2D eigenvalue weighted by molar-refractivity contribution is 6.24. The van der Waals surface area contributed by atoms with Gasteiger partial charge in [-0.2, -0.15) is 0 Å². The van der Waals surface area contributed by atoms with Crippen molar-refractivity contribution in [3.8, 4) is 0 Å². The SMILES string of the molecule is Cc1cccc(N(c2cccc(C)c2)c2c3cc4c(cc3c(N(c3cccc(C)c3)c3cccc(C)c3)c3cc5c(cc23)C(C)(C)CCC5(C)C)C(C)(C)CCC4(C)C)c1. The summed E-state index contributed by atoms with van der Waals surface area (Å²) < 4.78 is 0. The van der Waals surface area contributed by atoms with E-state index >= 15 is 0 Å². The monoisotopic (exact) mass is 789 g/mol. The summed E-state index contributed by atoms with van der Waals surface area (Å²) in [6.07, 6.45) is 4.62. The van der Waals surface area contributed by atoms with Gasteiger partial charge in [0.15, 0.2) is 0 Å². The Labute approximate surface area is 360 Å². The summed E-state index contributed by atoms with van der Waals surface area (Å²) in [6.45, 7) is 28.7. The van der Waals surface area contributed by atoms with Crippen LogP contribution in [-0.4, -0.2) is 0 Å². The molecule has 0 atom stereocenters. The molecule has 7 aromatic rings. The van der Waals surface area contributed by atoms with Crippen molar-refractivity contribution in [2.24, 2.45) is 0 Å². The maximum Gasteiger partial charge on any atom is 0.0620 e. The number of anilines is 6. The fraction of sp³-hybridized carbons (Fsp3) is 0.345. The van der Waals surface area contributed by atoms with Gasteiger partial charge in [0.2, 0.25) is 0 Å². The standard InChI is InChI=1S/C58H64N2/c1-37-17-13-21-41(29-37)59(42-22-14-18-38(2)30-42)53-45-33-49-51(57(9,10)27-25-55(49,5)6)35-47(45)54(48-36-52-50(34-46(48)53)56(7,8)26-28-58(52,11)12)60(43-23-15-19-39(3)31-43)44-24-16-20-40(4)32-44/h13-24,29-36H,25-28H2,1-12H3. The number of nitrogens with zero attached hydrogens (tertiary/aromatic N) is 2. The Morgan fingerprint density at radius 3 is 0.733 bits per heavy atom. The van der Waals surface area contributed by atoms with Gasteiger partial charge in [0.1, 0.15) is 0 Å². The van der Waals surface area contributed by atoms with Crippen LogP contribution in [-0.2, 0) is 21.7 Å². The molecule has 0 saturated heterocycles. The summed E-state index contributed by atoms with van der Waals surface area (Å²) in [5.74, 6) is 0. The van der Waals surface area contributed by atoms with Gasteiger partial charge < -0.3 is 9.80 Å². The molecule has 0 bridgehead atoms. The first kappa shape index (κ1) is 40.1. The van der Waals surface area contributed by atoms with Gasteiger partial charge in [0.25, 0.3) is 0 Å². The number of rotatable bonds is 6. The molecule has 0 unspecified atom stereocenters. The van der Waals surface area contributed by atoms with Gasteiger partial charge in [-0.25, -0.2) is 0 Å². The van der Waals surface area contributed by atoms with Gasteiger partial charge >= 0.3 is 0 Å². The lowest BCUT2D eigenvalue weighted by molar-refractivity contribution is 0.332. The molecule has 2 nitrogen and oxygen atoms in total. The Bertz CT molecular complexity index is 2450. The Balaban J connectivity index is 1.58. The minimum Gasteiger partial charge on any atom is -0.309 e. The van der Waals surface area contributed by atoms with Crippen molar-refractivity contribution in [2.45, 2.75) is 130 Å². The van der Waals surface area contributed by atoms with E-state index in [1.807, 2.05) is 0 Å². The van der Waals surface area contributed by atoms with Crippen LogP contribution in [0.25, 0.3) is 21.5 Å². The smallest absolute Gasteiger partial charge is 0.0620 e. The highest BCUT2D eigenvalue weighted by atomic mass is 15.2. The zero-order chi connectivity index (χ0) is 42.5.